The first-order valence-corrected chi connectivity index (χ1v) is 22.7. The molecule has 368 valence electrons. The maximum absolute atomic E-state index is 13.0. The summed E-state index contributed by atoms with van der Waals surface area (Å²) in [6.07, 6.45) is -21.3. The van der Waals surface area contributed by atoms with Crippen LogP contribution in [0.2, 0.25) is 0 Å². The smallest absolute Gasteiger partial charge is 0.335 e. The largest absolute Gasteiger partial charge is 0.462 e. The topological polar surface area (TPSA) is 334 Å². The molecule has 24 unspecified atom stereocenters. The summed E-state index contributed by atoms with van der Waals surface area (Å²) in [5.41, 5.74) is -4.42. The van der Waals surface area contributed by atoms with Gasteiger partial charge in [0.1, 0.15) is 78.8 Å². The molecule has 4 saturated carbocycles. The highest BCUT2D eigenvalue weighted by Crippen LogP contribution is 2.72. The van der Waals surface area contributed by atoms with Gasteiger partial charge in [-0.1, -0.05) is 13.8 Å². The zero-order chi connectivity index (χ0) is 47.1. The van der Waals surface area contributed by atoms with Crippen LogP contribution < -0.4 is 5.63 Å². The van der Waals surface area contributed by atoms with Gasteiger partial charge < -0.3 is 93.7 Å². The summed E-state index contributed by atoms with van der Waals surface area (Å²) in [6, 6.07) is 3.06. The summed E-state index contributed by atoms with van der Waals surface area (Å²) >= 11 is 0. The average molecular weight is 931 g/mol. The van der Waals surface area contributed by atoms with Crippen molar-refractivity contribution in [1.29, 1.82) is 0 Å². The van der Waals surface area contributed by atoms with Crippen LogP contribution in [-0.4, -0.2) is 191 Å². The molecule has 3 saturated heterocycles. The zero-order valence-electron chi connectivity index (χ0n) is 36.9. The fourth-order valence-electron chi connectivity index (χ4n) is 13.1. The first-order chi connectivity index (χ1) is 30.6. The van der Waals surface area contributed by atoms with Crippen LogP contribution in [0.15, 0.2) is 27.6 Å². The number of rotatable bonds is 10. The molecule has 0 amide bonds. The minimum Gasteiger partial charge on any atom is -0.462 e. The van der Waals surface area contributed by atoms with Crippen molar-refractivity contribution in [2.24, 2.45) is 22.7 Å². The van der Waals surface area contributed by atoms with Crippen molar-refractivity contribution in [3.63, 3.8) is 0 Å². The number of hydrogen-bond acceptors (Lipinski definition) is 21. The van der Waals surface area contributed by atoms with E-state index in [4.69, 9.17) is 37.6 Å². The Morgan fingerprint density at radius 3 is 1.89 bits per heavy atom. The zero-order valence-corrected chi connectivity index (χ0v) is 36.9. The molecule has 65 heavy (non-hydrogen) atoms. The molecule has 8 rings (SSSR count). The third-order valence-corrected chi connectivity index (χ3v) is 16.7. The molecule has 24 atom stereocenters. The average Bonchev–Trinajstić information content (AvgIpc) is 3.55. The van der Waals surface area contributed by atoms with Gasteiger partial charge in [-0.05, 0) is 80.8 Å². The molecule has 21 nitrogen and oxygen atoms in total. The molecule has 0 bridgehead atoms. The molecule has 4 heterocycles. The number of hydrogen-bond donors (Lipinski definition) is 11. The highest BCUT2D eigenvalue weighted by molar-refractivity contribution is 5.66. The summed E-state index contributed by atoms with van der Waals surface area (Å²) in [7, 11) is 0. The first-order valence-electron chi connectivity index (χ1n) is 22.7. The van der Waals surface area contributed by atoms with Gasteiger partial charge in [0.15, 0.2) is 18.9 Å². The van der Waals surface area contributed by atoms with Crippen LogP contribution in [0.3, 0.4) is 0 Å². The predicted octanol–water partition coefficient (Wildman–Crippen LogP) is -2.60. The quantitative estimate of drug-likeness (QED) is 0.0846. The van der Waals surface area contributed by atoms with Crippen LogP contribution >= 0.6 is 0 Å². The van der Waals surface area contributed by atoms with Crippen molar-refractivity contribution < 1.29 is 98.5 Å². The van der Waals surface area contributed by atoms with Crippen LogP contribution in [-0.2, 0) is 38.0 Å². The fourth-order valence-corrected chi connectivity index (χ4v) is 13.1. The van der Waals surface area contributed by atoms with Gasteiger partial charge in [-0.2, -0.15) is 0 Å². The number of aliphatic hydroxyl groups is 11. The van der Waals surface area contributed by atoms with Gasteiger partial charge in [0, 0.05) is 30.7 Å². The summed E-state index contributed by atoms with van der Waals surface area (Å²) in [6.45, 7) is 5.11. The third-order valence-electron chi connectivity index (χ3n) is 16.7. The Balaban J connectivity index is 0.942. The Kier molecular flexibility index (Phi) is 13.8. The third kappa shape index (κ3) is 8.12. The van der Waals surface area contributed by atoms with Crippen LogP contribution in [0.1, 0.15) is 90.5 Å². The van der Waals surface area contributed by atoms with E-state index in [0.717, 1.165) is 5.56 Å². The van der Waals surface area contributed by atoms with Crippen LogP contribution in [0.4, 0.5) is 0 Å². The summed E-state index contributed by atoms with van der Waals surface area (Å²) in [5, 5.41) is 122. The Bertz CT molecular complexity index is 1880. The number of aliphatic hydroxyl groups excluding tert-OH is 9. The van der Waals surface area contributed by atoms with Gasteiger partial charge >= 0.3 is 11.6 Å². The molecular weight excluding hydrogens is 864 g/mol. The second-order valence-electron chi connectivity index (χ2n) is 20.1. The lowest BCUT2D eigenvalue weighted by Crippen LogP contribution is -2.75. The Labute approximate surface area is 374 Å². The van der Waals surface area contributed by atoms with Crippen molar-refractivity contribution in [3.8, 4) is 0 Å². The molecule has 4 aliphatic carbocycles. The van der Waals surface area contributed by atoms with E-state index in [1.54, 1.807) is 6.07 Å². The molecule has 3 aliphatic heterocycles. The molecule has 1 aromatic rings. The lowest BCUT2D eigenvalue weighted by Gasteiger charge is -2.68. The summed E-state index contributed by atoms with van der Waals surface area (Å²) < 4.78 is 46.1. The minimum atomic E-state index is -1.94. The lowest BCUT2D eigenvalue weighted by molar-refractivity contribution is -0.380. The second-order valence-corrected chi connectivity index (χ2v) is 20.1. The molecule has 0 aromatic carbocycles. The van der Waals surface area contributed by atoms with Gasteiger partial charge in [-0.15, -0.1) is 0 Å². The maximum Gasteiger partial charge on any atom is 0.335 e. The second kappa shape index (κ2) is 18.2. The normalized spacial score (nSPS) is 52.2. The van der Waals surface area contributed by atoms with E-state index in [1.807, 2.05) is 13.8 Å². The number of ether oxygens (including phenoxy) is 7. The molecular formula is C44H66O21. The van der Waals surface area contributed by atoms with Crippen molar-refractivity contribution in [2.75, 3.05) is 13.2 Å². The van der Waals surface area contributed by atoms with E-state index in [2.05, 4.69) is 0 Å². The molecule has 0 radical (unpaired) electrons. The highest BCUT2D eigenvalue weighted by Gasteiger charge is 2.76. The van der Waals surface area contributed by atoms with Gasteiger partial charge in [-0.25, -0.2) is 4.79 Å². The molecule has 7 aliphatic rings. The monoisotopic (exact) mass is 930 g/mol. The van der Waals surface area contributed by atoms with Crippen LogP contribution in [0.5, 0.6) is 0 Å². The van der Waals surface area contributed by atoms with Gasteiger partial charge in [-0.3, -0.25) is 4.79 Å². The molecule has 11 N–H and O–H groups in total. The number of fused-ring (bicyclic) bond motifs is 5. The van der Waals surface area contributed by atoms with Crippen molar-refractivity contribution in [3.05, 3.63) is 34.4 Å². The molecule has 7 fully saturated rings. The van der Waals surface area contributed by atoms with Gasteiger partial charge in [0.05, 0.1) is 37.3 Å². The summed E-state index contributed by atoms with van der Waals surface area (Å²) in [5.74, 6) is -1.56. The van der Waals surface area contributed by atoms with Gasteiger partial charge in [0.2, 0.25) is 0 Å². The van der Waals surface area contributed by atoms with E-state index in [0.29, 0.717) is 32.1 Å². The van der Waals surface area contributed by atoms with Gasteiger partial charge in [0.25, 0.3) is 0 Å². The SMILES string of the molecule is CC(=O)OC1CC2(O)C(CCC3(C)C(c4ccc(=O)oc4)CCC32O)C2(C)CCC(OC3OC(CO)C(OC4OC(CO)C(OC5OC(C)C(O)C(O)C5O)C(O)C4O)C(O)C3O)CC12. The first kappa shape index (κ1) is 49.2. The molecule has 21 heteroatoms. The van der Waals surface area contributed by atoms with E-state index in [1.165, 1.54) is 26.2 Å². The van der Waals surface area contributed by atoms with E-state index in [-0.39, 0.29) is 31.1 Å². The Morgan fingerprint density at radius 1 is 0.738 bits per heavy atom. The predicted molar refractivity (Wildman–Crippen MR) is 216 cm³/mol. The van der Waals surface area contributed by atoms with Crippen molar-refractivity contribution >= 4 is 5.97 Å². The fraction of sp³-hybridized carbons (Fsp3) is 0.864. The number of carbonyl (C=O) groups excluding carboxylic acids is 1. The summed E-state index contributed by atoms with van der Waals surface area (Å²) in [4.78, 5) is 24.5. The Hall–Kier alpha value is -2.26. The maximum atomic E-state index is 13.0. The van der Waals surface area contributed by atoms with Crippen LogP contribution in [0, 0.1) is 22.7 Å². The lowest BCUT2D eigenvalue weighted by atomic mass is 9.40. The number of carbonyl (C=O) groups is 1. The molecule has 1 aromatic heterocycles. The van der Waals surface area contributed by atoms with Crippen molar-refractivity contribution in [2.45, 2.75) is 201 Å². The minimum absolute atomic E-state index is 0.0453. The van der Waals surface area contributed by atoms with E-state index in [9.17, 15) is 65.8 Å². The number of esters is 1. The van der Waals surface area contributed by atoms with E-state index >= 15 is 0 Å². The van der Waals surface area contributed by atoms with Crippen LogP contribution in [0.25, 0.3) is 0 Å². The van der Waals surface area contributed by atoms with E-state index < -0.39 is 157 Å². The Morgan fingerprint density at radius 2 is 1.32 bits per heavy atom. The molecule has 0 spiro atoms. The standard InChI is InChI=1S/C44H66O21/c1-18-29(49)30(50)33(53)38(59-18)64-36-26(16-46)63-40(35(55)32(36)52)65-37-25(15-45)62-39(34(54)31(37)51)61-21-7-10-41(3)23(13-21)24(60-19(2)47)14-43(56)27(41)9-11-42(4)22(8-12-44(42,43)57)20-5-6-28(48)58-17-20/h5-6,17-18,21-27,29-40,45-46,49-57H,7-16H2,1-4H3. The van der Waals surface area contributed by atoms with Crippen molar-refractivity contribution in [1.82, 2.24) is 0 Å². The highest BCUT2D eigenvalue weighted by atomic mass is 16.8.